The summed E-state index contributed by atoms with van der Waals surface area (Å²) in [6, 6.07) is 1.27. The van der Waals surface area contributed by atoms with Crippen molar-refractivity contribution in [2.45, 2.75) is 97.8 Å². The van der Waals surface area contributed by atoms with Crippen LogP contribution in [0.3, 0.4) is 0 Å². The highest BCUT2D eigenvalue weighted by molar-refractivity contribution is 5.98. The van der Waals surface area contributed by atoms with Gasteiger partial charge in [0.2, 0.25) is 0 Å². The molecule has 3 fully saturated rings. The molecule has 3 aliphatic carbocycles. The highest BCUT2D eigenvalue weighted by Gasteiger charge is 2.53. The predicted molar refractivity (Wildman–Crippen MR) is 148 cm³/mol. The van der Waals surface area contributed by atoms with E-state index in [1.165, 1.54) is 20.3 Å². The van der Waals surface area contributed by atoms with Crippen LogP contribution < -0.4 is 14.8 Å². The van der Waals surface area contributed by atoms with Gasteiger partial charge < -0.3 is 19.5 Å². The van der Waals surface area contributed by atoms with Gasteiger partial charge in [-0.2, -0.15) is 5.12 Å². The summed E-state index contributed by atoms with van der Waals surface area (Å²) in [4.78, 5) is 39.1. The Morgan fingerprint density at radius 1 is 1.05 bits per heavy atom. The van der Waals surface area contributed by atoms with Crippen LogP contribution >= 0.6 is 0 Å². The number of hydrogen-bond donors (Lipinski definition) is 1. The second kappa shape index (κ2) is 11.8. The molecule has 0 radical (unpaired) electrons. The molecule has 5 atom stereocenters. The van der Waals surface area contributed by atoms with Crippen LogP contribution in [0.1, 0.15) is 89.9 Å². The van der Waals surface area contributed by atoms with E-state index < -0.39 is 46.5 Å². The Hall–Kier alpha value is -2.91. The van der Waals surface area contributed by atoms with E-state index in [9.17, 15) is 14.4 Å². The van der Waals surface area contributed by atoms with Crippen LogP contribution in [0.4, 0.5) is 8.87 Å². The van der Waals surface area contributed by atoms with E-state index in [2.05, 4.69) is 5.32 Å². The number of halogens is 2. The number of rotatable bonds is 8. The van der Waals surface area contributed by atoms with Gasteiger partial charge in [0, 0.05) is 12.1 Å². The smallest absolute Gasteiger partial charge is 0.311 e. The molecule has 2 amide bonds. The third-order valence-electron chi connectivity index (χ3n) is 9.81. The van der Waals surface area contributed by atoms with E-state index in [0.717, 1.165) is 25.3 Å². The fraction of sp³-hybridized carbons (Fsp3) is 0.710. The first-order chi connectivity index (χ1) is 19.2. The maximum Gasteiger partial charge on any atom is 0.311 e. The van der Waals surface area contributed by atoms with E-state index in [1.807, 2.05) is 27.7 Å². The number of nitrogens with zero attached hydrogens (tertiary/aromatic N) is 1. The summed E-state index contributed by atoms with van der Waals surface area (Å²) in [7, 11) is 2.71. The highest BCUT2D eigenvalue weighted by Crippen LogP contribution is 2.50. The zero-order valence-electron chi connectivity index (χ0n) is 25.2. The monoisotopic (exact) mass is 578 g/mol. The topological polar surface area (TPSA) is 94.2 Å². The normalized spacial score (nSPS) is 29.9. The molecule has 228 valence electrons. The van der Waals surface area contributed by atoms with Gasteiger partial charge in [0.1, 0.15) is 5.75 Å². The molecule has 0 saturated heterocycles. The first kappa shape index (κ1) is 31.0. The Labute approximate surface area is 241 Å². The average molecular weight is 579 g/mol. The van der Waals surface area contributed by atoms with Crippen molar-refractivity contribution in [2.24, 2.45) is 28.6 Å². The zero-order chi connectivity index (χ0) is 30.3. The van der Waals surface area contributed by atoms with Crippen molar-refractivity contribution < 1.29 is 37.5 Å². The molecule has 10 heteroatoms. The number of carbonyl (C=O) groups is 3. The van der Waals surface area contributed by atoms with Crippen molar-refractivity contribution in [3.63, 3.8) is 0 Å². The molecule has 0 aliphatic heterocycles. The van der Waals surface area contributed by atoms with Gasteiger partial charge in [-0.05, 0) is 82.1 Å². The fourth-order valence-corrected chi connectivity index (χ4v) is 6.70. The number of carbonyl (C=O) groups excluding carboxylic acids is 3. The lowest BCUT2D eigenvalue weighted by Gasteiger charge is -2.37. The van der Waals surface area contributed by atoms with E-state index in [0.29, 0.717) is 30.8 Å². The molecule has 8 nitrogen and oxygen atoms in total. The minimum atomic E-state index is -0.670. The molecule has 0 heterocycles. The Balaban J connectivity index is 1.51. The molecular formula is C31H44F2N2O6. The quantitative estimate of drug-likeness (QED) is 0.318. The predicted octanol–water partition coefficient (Wildman–Crippen LogP) is 5.63. The van der Waals surface area contributed by atoms with Crippen molar-refractivity contribution in [3.05, 3.63) is 23.5 Å². The lowest BCUT2D eigenvalue weighted by atomic mass is 9.75. The van der Waals surface area contributed by atoms with Gasteiger partial charge in [-0.3, -0.25) is 14.4 Å². The number of ether oxygens (including phenoxy) is 3. The summed E-state index contributed by atoms with van der Waals surface area (Å²) in [6.45, 7) is 9.17. The third-order valence-corrected chi connectivity index (χ3v) is 9.81. The number of esters is 1. The molecule has 1 N–H and O–H groups in total. The van der Waals surface area contributed by atoms with Crippen LogP contribution in [0, 0.1) is 34.4 Å². The highest BCUT2D eigenvalue weighted by atomic mass is 19.2. The Kier molecular flexibility index (Phi) is 8.90. The Bertz CT molecular complexity index is 1160. The lowest BCUT2D eigenvalue weighted by Crippen LogP contribution is -2.52. The van der Waals surface area contributed by atoms with Crippen LogP contribution in [0.25, 0.3) is 0 Å². The van der Waals surface area contributed by atoms with Crippen LogP contribution in [-0.2, 0) is 14.3 Å². The summed E-state index contributed by atoms with van der Waals surface area (Å²) >= 11 is 0. The standard InChI is InChI=1S/C31H44F2N2O6/c1-17(30(2,3)4)35(33)28(37)25-18-8-9-19(14-18)26(25)34-27(36)21-15-24(22(32)16-23(21)39-6)41-20-10-12-31(5,13-11-20)29(38)40-7/h15-20,25-26H,8-14H2,1-7H3,(H,34,36)/t17-,18-,19+,20?,25+,26-,31?/m1/s1. The van der Waals surface area contributed by atoms with Crippen molar-refractivity contribution in [1.82, 2.24) is 10.4 Å². The summed E-state index contributed by atoms with van der Waals surface area (Å²) in [5, 5.41) is 3.32. The van der Waals surface area contributed by atoms with Gasteiger partial charge in [0.05, 0.1) is 43.3 Å². The molecule has 4 rings (SSSR count). The first-order valence-corrected chi connectivity index (χ1v) is 14.6. The van der Waals surface area contributed by atoms with Crippen molar-refractivity contribution in [3.8, 4) is 11.5 Å². The van der Waals surface area contributed by atoms with Crippen LogP contribution in [0.15, 0.2) is 12.1 Å². The largest absolute Gasteiger partial charge is 0.496 e. The van der Waals surface area contributed by atoms with Gasteiger partial charge in [0.25, 0.3) is 11.8 Å². The second-order valence-corrected chi connectivity index (χ2v) is 13.4. The molecule has 0 spiro atoms. The maximum absolute atomic E-state index is 15.3. The minimum absolute atomic E-state index is 0.000738. The van der Waals surface area contributed by atoms with E-state index >= 15 is 8.87 Å². The molecule has 2 bridgehead atoms. The van der Waals surface area contributed by atoms with Crippen LogP contribution in [0.5, 0.6) is 11.5 Å². The Morgan fingerprint density at radius 2 is 1.68 bits per heavy atom. The second-order valence-electron chi connectivity index (χ2n) is 13.4. The van der Waals surface area contributed by atoms with E-state index in [4.69, 9.17) is 14.2 Å². The molecule has 0 unspecified atom stereocenters. The number of amides is 2. The van der Waals surface area contributed by atoms with Gasteiger partial charge in [0.15, 0.2) is 11.6 Å². The van der Waals surface area contributed by atoms with Gasteiger partial charge in [-0.25, -0.2) is 4.39 Å². The average Bonchev–Trinajstić information content (AvgIpc) is 3.55. The Morgan fingerprint density at radius 3 is 2.27 bits per heavy atom. The van der Waals surface area contributed by atoms with Gasteiger partial charge in [-0.15, -0.1) is 0 Å². The van der Waals surface area contributed by atoms with E-state index in [-0.39, 0.29) is 41.0 Å². The number of benzene rings is 1. The third kappa shape index (κ3) is 6.16. The van der Waals surface area contributed by atoms with Gasteiger partial charge in [-0.1, -0.05) is 25.3 Å². The molecule has 1 aromatic rings. The van der Waals surface area contributed by atoms with E-state index in [1.54, 1.807) is 6.92 Å². The summed E-state index contributed by atoms with van der Waals surface area (Å²) in [6.07, 6.45) is 4.21. The summed E-state index contributed by atoms with van der Waals surface area (Å²) < 4.78 is 46.6. The van der Waals surface area contributed by atoms with Crippen molar-refractivity contribution in [1.29, 1.82) is 0 Å². The molecule has 3 saturated carbocycles. The van der Waals surface area contributed by atoms with Crippen LogP contribution in [-0.4, -0.2) is 55.3 Å². The first-order valence-electron chi connectivity index (χ1n) is 14.6. The van der Waals surface area contributed by atoms with Crippen molar-refractivity contribution in [2.75, 3.05) is 14.2 Å². The van der Waals surface area contributed by atoms with Gasteiger partial charge >= 0.3 is 5.97 Å². The lowest BCUT2D eigenvalue weighted by molar-refractivity contribution is -0.164. The SMILES string of the molecule is COC(=O)C1(C)CCC(Oc2cc(C(=O)N[C@@H]3[C@H]4CC[C@H](C4)[C@@H]3C(=O)N(F)[C@H](C)C(C)(C)C)c(OC)cc2F)CC1. The number of nitrogens with one attached hydrogen (secondary N) is 1. The summed E-state index contributed by atoms with van der Waals surface area (Å²) in [5.74, 6) is -2.73. The molecule has 1 aromatic carbocycles. The van der Waals surface area contributed by atoms with Crippen molar-refractivity contribution >= 4 is 17.8 Å². The molecular weight excluding hydrogens is 534 g/mol. The molecule has 0 aromatic heterocycles. The fourth-order valence-electron chi connectivity index (χ4n) is 6.70. The number of hydrogen-bond acceptors (Lipinski definition) is 6. The maximum atomic E-state index is 15.3. The molecule has 3 aliphatic rings. The number of fused-ring (bicyclic) bond motifs is 2. The molecule has 41 heavy (non-hydrogen) atoms. The summed E-state index contributed by atoms with van der Waals surface area (Å²) in [5.41, 5.74) is -0.977. The minimum Gasteiger partial charge on any atom is -0.496 e. The zero-order valence-corrected chi connectivity index (χ0v) is 25.2. The van der Waals surface area contributed by atoms with Crippen LogP contribution in [0.2, 0.25) is 0 Å². The number of methoxy groups -OCH3 is 2.